The van der Waals surface area contributed by atoms with Gasteiger partial charge in [0, 0.05) is 77.1 Å². The van der Waals surface area contributed by atoms with Gasteiger partial charge in [0.2, 0.25) is 11.9 Å². The molecular formula is C90H56F2N10. The Morgan fingerprint density at radius 2 is 0.559 bits per heavy atom. The number of hydrogen-bond acceptors (Lipinski definition) is 6. The number of hydrogen-bond donors (Lipinski definition) is 0. The molecule has 0 radical (unpaired) electrons. The highest BCUT2D eigenvalue weighted by Gasteiger charge is 2.24. The number of aromatic nitrogens is 10. The highest BCUT2D eigenvalue weighted by atomic mass is 19.1. The third-order valence-electron chi connectivity index (χ3n) is 19.0. The second-order valence-electron chi connectivity index (χ2n) is 24.9. The van der Waals surface area contributed by atoms with Crippen molar-refractivity contribution in [2.75, 3.05) is 0 Å². The van der Waals surface area contributed by atoms with Crippen LogP contribution in [0.1, 0.15) is 6.85 Å². The zero-order valence-electron chi connectivity index (χ0n) is 59.2. The monoisotopic (exact) mass is 1320 g/mol. The summed E-state index contributed by atoms with van der Waals surface area (Å²) >= 11 is 0. The first kappa shape index (κ1) is 54.2. The van der Waals surface area contributed by atoms with E-state index in [1.165, 1.54) is 12.1 Å². The largest absolute Gasteiger partial charge is 0.309 e. The van der Waals surface area contributed by atoms with Crippen LogP contribution in [-0.4, -0.2) is 48.2 Å². The van der Waals surface area contributed by atoms with Crippen LogP contribution < -0.4 is 0 Å². The summed E-state index contributed by atoms with van der Waals surface area (Å²) in [6.07, 6.45) is 0. The molecule has 0 saturated heterocycles. The van der Waals surface area contributed by atoms with Crippen molar-refractivity contribution in [2.24, 2.45) is 0 Å². The van der Waals surface area contributed by atoms with Crippen molar-refractivity contribution in [3.63, 3.8) is 0 Å². The highest BCUT2D eigenvalue weighted by Crippen LogP contribution is 2.44. The van der Waals surface area contributed by atoms with Crippen LogP contribution >= 0.6 is 0 Å². The molecule has 0 amide bonds. The van der Waals surface area contributed by atoms with Gasteiger partial charge in [-0.15, -0.1) is 0 Å². The zero-order valence-corrected chi connectivity index (χ0v) is 54.2. The van der Waals surface area contributed by atoms with Crippen LogP contribution in [0.15, 0.2) is 340 Å². The van der Waals surface area contributed by atoms with Gasteiger partial charge in [-0.25, -0.2) is 18.7 Å². The lowest BCUT2D eigenvalue weighted by Crippen LogP contribution is -2.06. The van der Waals surface area contributed by atoms with Crippen molar-refractivity contribution in [2.45, 2.75) is 0 Å². The van der Waals surface area contributed by atoms with E-state index in [1.807, 2.05) is 217 Å². The van der Waals surface area contributed by atoms with Crippen molar-refractivity contribution in [1.29, 1.82) is 0 Å². The van der Waals surface area contributed by atoms with Gasteiger partial charge in [-0.2, -0.15) is 19.9 Å². The summed E-state index contributed by atoms with van der Waals surface area (Å²) in [7, 11) is 0. The van der Waals surface area contributed by atoms with Crippen molar-refractivity contribution in [3.05, 3.63) is 351 Å². The number of halogens is 2. The Bertz CT molecular complexity index is 6820. The lowest BCUT2D eigenvalue weighted by molar-refractivity contribution is 0.582. The molecule has 0 aliphatic rings. The van der Waals surface area contributed by atoms with Gasteiger partial charge < -0.3 is 9.13 Å². The molecule has 10 nitrogen and oxygen atoms in total. The minimum atomic E-state index is -0.621. The van der Waals surface area contributed by atoms with Crippen LogP contribution in [0, 0.1) is 11.6 Å². The van der Waals surface area contributed by atoms with Crippen molar-refractivity contribution in [1.82, 2.24) is 48.2 Å². The topological polar surface area (TPSA) is 97.1 Å². The maximum absolute atomic E-state index is 14.5. The number of rotatable bonds is 10. The molecule has 20 aromatic rings. The molecule has 102 heavy (non-hydrogen) atoms. The molecule has 0 aliphatic carbocycles. The maximum Gasteiger partial charge on any atom is 0.238 e. The summed E-state index contributed by atoms with van der Waals surface area (Å²) in [6.45, 7) is 0. The van der Waals surface area contributed by atoms with E-state index < -0.39 is 17.7 Å². The van der Waals surface area contributed by atoms with Gasteiger partial charge in [-0.3, -0.25) is 9.13 Å². The molecule has 0 unspecified atom stereocenters. The van der Waals surface area contributed by atoms with Crippen LogP contribution in [0.25, 0.3) is 178 Å². The molecule has 12 heteroatoms. The number of para-hydroxylation sites is 5. The van der Waals surface area contributed by atoms with Crippen LogP contribution in [0.5, 0.6) is 0 Å². The summed E-state index contributed by atoms with van der Waals surface area (Å²) in [4.78, 5) is 30.0. The molecule has 0 spiro atoms. The standard InChI is InChI=1S/C45H27F2N5.C45H29N5/c46-31-25-32(47)27-33(26-31)51-39-20-10-8-17-36(39)42-34(18-11-21-41(42)51)30-22-23-40-37(24-30)35-16-7-9-19-38(35)52(40)45-49-43(28-12-3-1-4-13-28)48-44(50-45)29-14-5-2-6-15-29;1-4-15-30(16-5-1)43-46-44(31-17-6-2-7-18-31)48-45(47-43)50-38-24-12-10-21-35(38)37-29-32(27-28-40(37)50)34-23-14-26-41-42(34)36-22-11-13-25-39(36)49(41)33-19-8-3-9-20-33/h1-27H;1-29H/i;3D,8D,9D,19D,20D. The van der Waals surface area contributed by atoms with E-state index >= 15 is 0 Å². The van der Waals surface area contributed by atoms with Crippen molar-refractivity contribution >= 4 is 87.2 Å². The van der Waals surface area contributed by atoms with E-state index in [0.29, 0.717) is 40.9 Å². The molecule has 0 N–H and O–H groups in total. The fourth-order valence-corrected chi connectivity index (χ4v) is 14.6. The van der Waals surface area contributed by atoms with Crippen molar-refractivity contribution < 1.29 is 15.6 Å². The molecule has 20 rings (SSSR count). The molecule has 14 aromatic carbocycles. The molecular weight excluding hydrogens is 1260 g/mol. The molecule has 0 atom stereocenters. The van der Waals surface area contributed by atoms with Crippen LogP contribution in [0.2, 0.25) is 0 Å². The van der Waals surface area contributed by atoms with E-state index in [9.17, 15) is 8.78 Å². The van der Waals surface area contributed by atoms with Gasteiger partial charge in [-0.05, 0) is 107 Å². The van der Waals surface area contributed by atoms with Gasteiger partial charge >= 0.3 is 0 Å². The first-order valence-electron chi connectivity index (χ1n) is 35.9. The van der Waals surface area contributed by atoms with E-state index in [0.717, 1.165) is 138 Å². The SMILES string of the molecule is Fc1cc(F)cc(-n2c3ccccc3c3c(-c4ccc5c(c4)c4ccccc4n5-c4nc(-c5ccccc5)nc(-c5ccccc5)n4)cccc32)c1.[2H]c1c([2H])c([2H])c(-n2c3ccccc3c3c(-c4ccc5c(c4)c4ccccc4n5-c4nc(-c5ccccc5)nc(-c5ccccc5)n4)cccc32)c([2H])c1[2H]. The lowest BCUT2D eigenvalue weighted by Gasteiger charge is -2.11. The van der Waals surface area contributed by atoms with Gasteiger partial charge in [0.25, 0.3) is 0 Å². The molecule has 480 valence electrons. The average molecular weight is 1320 g/mol. The van der Waals surface area contributed by atoms with Crippen LogP contribution in [-0.2, 0) is 0 Å². The molecule has 0 saturated carbocycles. The van der Waals surface area contributed by atoms with E-state index in [1.54, 1.807) is 4.57 Å². The van der Waals surface area contributed by atoms with E-state index in [2.05, 4.69) is 88.0 Å². The second-order valence-corrected chi connectivity index (χ2v) is 24.9. The number of fused-ring (bicyclic) bond motifs is 12. The predicted octanol–water partition coefficient (Wildman–Crippen LogP) is 22.4. The van der Waals surface area contributed by atoms with Gasteiger partial charge in [-0.1, -0.05) is 249 Å². The van der Waals surface area contributed by atoms with Gasteiger partial charge in [0.15, 0.2) is 23.3 Å². The fraction of sp³-hybridized carbons (Fsp3) is 0. The average Bonchev–Trinajstić information content (AvgIpc) is 1.57. The first-order chi connectivity index (χ1) is 52.5. The maximum atomic E-state index is 14.5. The Morgan fingerprint density at radius 1 is 0.235 bits per heavy atom. The second kappa shape index (κ2) is 24.6. The lowest BCUT2D eigenvalue weighted by atomic mass is 9.98. The van der Waals surface area contributed by atoms with Gasteiger partial charge in [0.1, 0.15) is 11.6 Å². The Labute approximate surface area is 590 Å². The molecule has 6 aromatic heterocycles. The van der Waals surface area contributed by atoms with Crippen LogP contribution in [0.4, 0.5) is 8.78 Å². The van der Waals surface area contributed by atoms with E-state index in [-0.39, 0.29) is 29.9 Å². The Kier molecular flexibility index (Phi) is 13.1. The third-order valence-corrected chi connectivity index (χ3v) is 19.0. The van der Waals surface area contributed by atoms with E-state index in [4.69, 9.17) is 36.8 Å². The zero-order chi connectivity index (χ0) is 72.1. The minimum Gasteiger partial charge on any atom is -0.309 e. The van der Waals surface area contributed by atoms with Crippen LogP contribution in [0.3, 0.4) is 0 Å². The summed E-state index contributed by atoms with van der Waals surface area (Å²) in [5.41, 5.74) is 15.1. The Morgan fingerprint density at radius 3 is 0.951 bits per heavy atom. The molecule has 0 bridgehead atoms. The Hall–Kier alpha value is -13.8. The summed E-state index contributed by atoms with van der Waals surface area (Å²) in [5, 5.41) is 7.99. The highest BCUT2D eigenvalue weighted by molar-refractivity contribution is 6.19. The number of nitrogens with zero attached hydrogens (tertiary/aromatic N) is 10. The third kappa shape index (κ3) is 10.1. The minimum absolute atomic E-state index is 0.120. The molecule has 6 heterocycles. The first-order valence-corrected chi connectivity index (χ1v) is 33.4. The predicted molar refractivity (Wildman–Crippen MR) is 410 cm³/mol. The summed E-state index contributed by atoms with van der Waals surface area (Å²) in [6, 6.07) is 99.0. The fourth-order valence-electron chi connectivity index (χ4n) is 14.6. The Balaban J connectivity index is 0.000000146. The van der Waals surface area contributed by atoms with Gasteiger partial charge in [0.05, 0.1) is 56.7 Å². The molecule has 0 fully saturated rings. The number of benzene rings is 14. The quantitative estimate of drug-likeness (QED) is 0.135. The summed E-state index contributed by atoms with van der Waals surface area (Å²) in [5.74, 6) is 2.13. The smallest absolute Gasteiger partial charge is 0.238 e. The normalized spacial score (nSPS) is 12.3. The molecule has 0 aliphatic heterocycles. The summed E-state index contributed by atoms with van der Waals surface area (Å²) < 4.78 is 79.7. The van der Waals surface area contributed by atoms with Crippen molar-refractivity contribution in [3.8, 4) is 91.1 Å².